The highest BCUT2D eigenvalue weighted by Crippen LogP contribution is 2.32. The van der Waals surface area contributed by atoms with Gasteiger partial charge in [-0.15, -0.1) is 0 Å². The maximum atomic E-state index is 12.0. The average molecular weight is 352 g/mol. The number of nitrogens with one attached hydrogen (secondary N) is 1. The Bertz CT molecular complexity index is 697. The molecule has 122 valence electrons. The van der Waals surface area contributed by atoms with E-state index in [1.165, 1.54) is 0 Å². The monoisotopic (exact) mass is 351 g/mol. The third-order valence-electron chi connectivity index (χ3n) is 3.40. The van der Waals surface area contributed by atoms with E-state index in [2.05, 4.69) is 19.2 Å². The Labute approximate surface area is 146 Å². The summed E-state index contributed by atoms with van der Waals surface area (Å²) in [4.78, 5) is 12.0. The lowest BCUT2D eigenvalue weighted by molar-refractivity contribution is -0.118. The van der Waals surface area contributed by atoms with Gasteiger partial charge in [-0.3, -0.25) is 4.79 Å². The lowest BCUT2D eigenvalue weighted by atomic mass is 10.0. The van der Waals surface area contributed by atoms with Crippen molar-refractivity contribution in [1.29, 1.82) is 0 Å². The summed E-state index contributed by atoms with van der Waals surface area (Å²) in [6, 6.07) is 10.7. The van der Waals surface area contributed by atoms with Gasteiger partial charge in [0.05, 0.1) is 0 Å². The molecule has 0 spiro atoms. The quantitative estimate of drug-likeness (QED) is 0.778. The highest BCUT2D eigenvalue weighted by Gasteiger charge is 2.12. The Balaban J connectivity index is 2.04. The smallest absolute Gasteiger partial charge is 0.262 e. The number of hydrogen-bond acceptors (Lipinski definition) is 2. The van der Waals surface area contributed by atoms with Gasteiger partial charge < -0.3 is 10.1 Å². The maximum absolute atomic E-state index is 12.0. The van der Waals surface area contributed by atoms with Crippen molar-refractivity contribution in [2.75, 3.05) is 11.9 Å². The van der Waals surface area contributed by atoms with Gasteiger partial charge in [0.15, 0.2) is 6.61 Å². The van der Waals surface area contributed by atoms with Crippen LogP contribution < -0.4 is 10.1 Å². The van der Waals surface area contributed by atoms with E-state index in [4.69, 9.17) is 27.9 Å². The Morgan fingerprint density at radius 1 is 1.17 bits per heavy atom. The number of rotatable bonds is 5. The second-order valence-electron chi connectivity index (χ2n) is 5.64. The van der Waals surface area contributed by atoms with Crippen LogP contribution in [0.4, 0.5) is 5.69 Å². The van der Waals surface area contributed by atoms with Crippen LogP contribution in [0.2, 0.25) is 10.0 Å². The molecule has 0 fully saturated rings. The molecule has 0 aromatic heterocycles. The number of hydrogen-bond donors (Lipinski definition) is 1. The van der Waals surface area contributed by atoms with E-state index in [1.54, 1.807) is 24.3 Å². The van der Waals surface area contributed by atoms with Crippen LogP contribution in [0.15, 0.2) is 36.4 Å². The number of ether oxygens (including phenoxy) is 1. The minimum Gasteiger partial charge on any atom is -0.483 e. The SMILES string of the molecule is Cc1cc(OCC(=O)Nc2ccc(Cl)cc2)c(C(C)C)cc1Cl. The van der Waals surface area contributed by atoms with Gasteiger partial charge in [0.25, 0.3) is 5.91 Å². The molecule has 0 heterocycles. The number of carbonyl (C=O) groups is 1. The first-order valence-corrected chi connectivity index (χ1v) is 8.10. The maximum Gasteiger partial charge on any atom is 0.262 e. The van der Waals surface area contributed by atoms with Crippen molar-refractivity contribution < 1.29 is 9.53 Å². The van der Waals surface area contributed by atoms with Crippen LogP contribution in [0, 0.1) is 6.92 Å². The molecule has 2 aromatic rings. The second kappa shape index (κ2) is 7.71. The minimum atomic E-state index is -0.227. The number of halogens is 2. The molecule has 0 saturated carbocycles. The van der Waals surface area contributed by atoms with Gasteiger partial charge in [0.2, 0.25) is 0 Å². The topological polar surface area (TPSA) is 38.3 Å². The van der Waals surface area contributed by atoms with Crippen LogP contribution in [0.1, 0.15) is 30.9 Å². The third-order valence-corrected chi connectivity index (χ3v) is 4.06. The first kappa shape index (κ1) is 17.6. The fraction of sp³-hybridized carbons (Fsp3) is 0.278. The summed E-state index contributed by atoms with van der Waals surface area (Å²) < 4.78 is 5.70. The zero-order valence-corrected chi connectivity index (χ0v) is 14.8. The van der Waals surface area contributed by atoms with Gasteiger partial charge in [-0.2, -0.15) is 0 Å². The number of aryl methyl sites for hydroxylation is 1. The first-order valence-electron chi connectivity index (χ1n) is 7.35. The summed E-state index contributed by atoms with van der Waals surface area (Å²) >= 11 is 12.0. The number of anilines is 1. The molecule has 3 nitrogen and oxygen atoms in total. The summed E-state index contributed by atoms with van der Waals surface area (Å²) in [5.74, 6) is 0.713. The van der Waals surface area contributed by atoms with E-state index in [1.807, 2.05) is 19.1 Å². The van der Waals surface area contributed by atoms with Crippen LogP contribution in [0.5, 0.6) is 5.75 Å². The number of benzene rings is 2. The molecular weight excluding hydrogens is 333 g/mol. The summed E-state index contributed by atoms with van der Waals surface area (Å²) in [6.45, 7) is 5.96. The molecule has 0 saturated heterocycles. The molecule has 5 heteroatoms. The standard InChI is InChI=1S/C18H19Cl2NO2/c1-11(2)15-9-16(20)12(3)8-17(15)23-10-18(22)21-14-6-4-13(19)5-7-14/h4-9,11H,10H2,1-3H3,(H,21,22). The van der Waals surface area contributed by atoms with Crippen molar-refractivity contribution in [3.8, 4) is 5.75 Å². The molecule has 0 unspecified atom stereocenters. The zero-order chi connectivity index (χ0) is 17.0. The summed E-state index contributed by atoms with van der Waals surface area (Å²) in [5.41, 5.74) is 2.59. The average Bonchev–Trinajstić information content (AvgIpc) is 2.50. The van der Waals surface area contributed by atoms with E-state index in [-0.39, 0.29) is 18.4 Å². The van der Waals surface area contributed by atoms with Crippen molar-refractivity contribution in [3.63, 3.8) is 0 Å². The van der Waals surface area contributed by atoms with Crippen molar-refractivity contribution in [1.82, 2.24) is 0 Å². The van der Waals surface area contributed by atoms with Gasteiger partial charge in [0, 0.05) is 15.7 Å². The van der Waals surface area contributed by atoms with E-state index >= 15 is 0 Å². The molecule has 2 rings (SSSR count). The first-order chi connectivity index (χ1) is 10.9. The van der Waals surface area contributed by atoms with Crippen LogP contribution in [0.3, 0.4) is 0 Å². The Morgan fingerprint density at radius 2 is 1.83 bits per heavy atom. The van der Waals surface area contributed by atoms with Crippen molar-refractivity contribution in [2.24, 2.45) is 0 Å². The molecule has 1 N–H and O–H groups in total. The molecule has 0 aliphatic carbocycles. The molecule has 1 amide bonds. The van der Waals surface area contributed by atoms with Gasteiger partial charge >= 0.3 is 0 Å². The van der Waals surface area contributed by atoms with Crippen LogP contribution in [-0.2, 0) is 4.79 Å². The van der Waals surface area contributed by atoms with Crippen molar-refractivity contribution >= 4 is 34.8 Å². The summed E-state index contributed by atoms with van der Waals surface area (Å²) in [5, 5.41) is 4.09. The fourth-order valence-electron chi connectivity index (χ4n) is 2.12. The largest absolute Gasteiger partial charge is 0.483 e. The van der Waals surface area contributed by atoms with Crippen molar-refractivity contribution in [3.05, 3.63) is 57.6 Å². The molecule has 2 aromatic carbocycles. The van der Waals surface area contributed by atoms with E-state index in [0.717, 1.165) is 11.1 Å². The van der Waals surface area contributed by atoms with E-state index < -0.39 is 0 Å². The van der Waals surface area contributed by atoms with Crippen LogP contribution >= 0.6 is 23.2 Å². The molecular formula is C18H19Cl2NO2. The predicted molar refractivity (Wildman–Crippen MR) is 95.9 cm³/mol. The second-order valence-corrected chi connectivity index (χ2v) is 6.48. The third kappa shape index (κ3) is 4.88. The van der Waals surface area contributed by atoms with Gasteiger partial charge in [-0.25, -0.2) is 0 Å². The molecule has 0 bridgehead atoms. The molecule has 0 radical (unpaired) electrons. The Kier molecular flexibility index (Phi) is 5.91. The lowest BCUT2D eigenvalue weighted by Crippen LogP contribution is -2.20. The minimum absolute atomic E-state index is 0.0661. The lowest BCUT2D eigenvalue weighted by Gasteiger charge is -2.16. The number of carbonyl (C=O) groups excluding carboxylic acids is 1. The highest BCUT2D eigenvalue weighted by molar-refractivity contribution is 6.31. The zero-order valence-electron chi connectivity index (χ0n) is 13.3. The molecule has 0 atom stereocenters. The Hall–Kier alpha value is -1.71. The molecule has 0 aliphatic heterocycles. The van der Waals surface area contributed by atoms with E-state index in [9.17, 15) is 4.79 Å². The van der Waals surface area contributed by atoms with Gasteiger partial charge in [-0.1, -0.05) is 37.0 Å². The fourth-order valence-corrected chi connectivity index (χ4v) is 2.42. The van der Waals surface area contributed by atoms with Crippen LogP contribution in [-0.4, -0.2) is 12.5 Å². The molecule has 0 aliphatic rings. The van der Waals surface area contributed by atoms with Crippen LogP contribution in [0.25, 0.3) is 0 Å². The van der Waals surface area contributed by atoms with Gasteiger partial charge in [-0.05, 0) is 60.4 Å². The predicted octanol–water partition coefficient (Wildman–Crippen LogP) is 5.44. The normalized spacial score (nSPS) is 10.7. The van der Waals surface area contributed by atoms with E-state index in [0.29, 0.717) is 21.5 Å². The summed E-state index contributed by atoms with van der Waals surface area (Å²) in [7, 11) is 0. The molecule has 23 heavy (non-hydrogen) atoms. The number of amides is 1. The van der Waals surface area contributed by atoms with Crippen molar-refractivity contribution in [2.45, 2.75) is 26.7 Å². The highest BCUT2D eigenvalue weighted by atomic mass is 35.5. The summed E-state index contributed by atoms with van der Waals surface area (Å²) in [6.07, 6.45) is 0. The van der Waals surface area contributed by atoms with Gasteiger partial charge in [0.1, 0.15) is 5.75 Å². The Morgan fingerprint density at radius 3 is 2.43 bits per heavy atom.